The number of hydrogen-bond donors (Lipinski definition) is 2. The van der Waals surface area contributed by atoms with Crippen molar-refractivity contribution in [3.05, 3.63) is 72.1 Å². The Balaban J connectivity index is 1.36. The van der Waals surface area contributed by atoms with Crippen molar-refractivity contribution in [3.8, 4) is 11.4 Å². The van der Waals surface area contributed by atoms with E-state index in [0.717, 1.165) is 25.2 Å². The van der Waals surface area contributed by atoms with Crippen molar-refractivity contribution in [1.82, 2.24) is 15.1 Å². The van der Waals surface area contributed by atoms with Gasteiger partial charge >= 0.3 is 6.61 Å². The lowest BCUT2D eigenvalue weighted by Gasteiger charge is -2.09. The summed E-state index contributed by atoms with van der Waals surface area (Å²) in [5.41, 5.74) is 2.99. The molecule has 156 valence electrons. The van der Waals surface area contributed by atoms with E-state index in [1.54, 1.807) is 18.3 Å². The maximum absolute atomic E-state index is 12.5. The number of aromatic nitrogens is 2. The molecular weight excluding hydrogens is 390 g/mol. The van der Waals surface area contributed by atoms with Crippen LogP contribution in [0.4, 0.5) is 14.5 Å². The van der Waals surface area contributed by atoms with Crippen molar-refractivity contribution in [3.63, 3.8) is 0 Å². The van der Waals surface area contributed by atoms with Crippen molar-refractivity contribution in [2.45, 2.75) is 19.5 Å². The lowest BCUT2D eigenvalue weighted by Crippen LogP contribution is -2.12. The van der Waals surface area contributed by atoms with Crippen LogP contribution >= 0.6 is 0 Å². The predicted molar refractivity (Wildman–Crippen MR) is 109 cm³/mol. The van der Waals surface area contributed by atoms with E-state index in [0.29, 0.717) is 17.2 Å². The average Bonchev–Trinajstić information content (AvgIpc) is 3.42. The van der Waals surface area contributed by atoms with Crippen molar-refractivity contribution in [2.24, 2.45) is 5.92 Å². The van der Waals surface area contributed by atoms with E-state index in [1.807, 2.05) is 24.3 Å². The number of halogens is 2. The molecule has 0 saturated carbocycles. The molecule has 1 unspecified atom stereocenters. The van der Waals surface area contributed by atoms with Crippen LogP contribution in [0.5, 0.6) is 5.75 Å². The van der Waals surface area contributed by atoms with Gasteiger partial charge in [0.05, 0.1) is 17.4 Å². The highest BCUT2D eigenvalue weighted by Gasteiger charge is 2.15. The van der Waals surface area contributed by atoms with Gasteiger partial charge in [0.15, 0.2) is 0 Å². The van der Waals surface area contributed by atoms with Gasteiger partial charge in [0.1, 0.15) is 5.75 Å². The summed E-state index contributed by atoms with van der Waals surface area (Å²) >= 11 is 0. The summed E-state index contributed by atoms with van der Waals surface area (Å²) in [6.07, 6.45) is 5.28. The van der Waals surface area contributed by atoms with Crippen LogP contribution in [0.3, 0.4) is 0 Å². The van der Waals surface area contributed by atoms with Gasteiger partial charge in [-0.25, -0.2) is 4.68 Å². The van der Waals surface area contributed by atoms with Crippen LogP contribution in [0, 0.1) is 5.92 Å². The Hall–Kier alpha value is -3.26. The molecule has 0 radical (unpaired) electrons. The quantitative estimate of drug-likeness (QED) is 0.618. The van der Waals surface area contributed by atoms with Gasteiger partial charge in [-0.15, -0.1) is 0 Å². The van der Waals surface area contributed by atoms with E-state index >= 15 is 0 Å². The minimum atomic E-state index is -2.87. The topological polar surface area (TPSA) is 68.2 Å². The molecule has 8 heteroatoms. The number of carbonyl (C=O) groups is 1. The average molecular weight is 412 g/mol. The summed E-state index contributed by atoms with van der Waals surface area (Å²) < 4.78 is 30.3. The van der Waals surface area contributed by atoms with Crippen LogP contribution in [0.2, 0.25) is 0 Å². The second-order valence-corrected chi connectivity index (χ2v) is 7.26. The van der Waals surface area contributed by atoms with E-state index in [4.69, 9.17) is 0 Å². The molecule has 4 rings (SSSR count). The van der Waals surface area contributed by atoms with Gasteiger partial charge in [-0.1, -0.05) is 12.1 Å². The smallest absolute Gasteiger partial charge is 0.387 e. The zero-order valence-electron chi connectivity index (χ0n) is 16.2. The fourth-order valence-corrected chi connectivity index (χ4v) is 3.51. The predicted octanol–water partition coefficient (Wildman–Crippen LogP) is 3.88. The van der Waals surface area contributed by atoms with Gasteiger partial charge in [0.2, 0.25) is 0 Å². The molecule has 1 aliphatic rings. The Bertz CT molecular complexity index is 981. The molecule has 2 N–H and O–H groups in total. The Morgan fingerprint density at radius 2 is 1.97 bits per heavy atom. The van der Waals surface area contributed by atoms with Gasteiger partial charge in [0.25, 0.3) is 5.91 Å². The van der Waals surface area contributed by atoms with Gasteiger partial charge in [0, 0.05) is 11.9 Å². The van der Waals surface area contributed by atoms with Crippen LogP contribution in [0.25, 0.3) is 5.69 Å². The summed E-state index contributed by atoms with van der Waals surface area (Å²) in [4.78, 5) is 12.5. The second kappa shape index (κ2) is 9.04. The first kappa shape index (κ1) is 20.0. The van der Waals surface area contributed by atoms with Gasteiger partial charge < -0.3 is 15.4 Å². The number of anilines is 1. The lowest BCUT2D eigenvalue weighted by atomic mass is 9.98. The summed E-state index contributed by atoms with van der Waals surface area (Å²) in [6.45, 7) is -0.727. The Morgan fingerprint density at radius 3 is 2.63 bits per heavy atom. The van der Waals surface area contributed by atoms with Crippen molar-refractivity contribution in [2.75, 3.05) is 18.4 Å². The van der Waals surface area contributed by atoms with Gasteiger partial charge in [-0.2, -0.15) is 13.9 Å². The highest BCUT2D eigenvalue weighted by atomic mass is 19.3. The van der Waals surface area contributed by atoms with Gasteiger partial charge in [-0.3, -0.25) is 4.79 Å². The monoisotopic (exact) mass is 412 g/mol. The highest BCUT2D eigenvalue weighted by Crippen LogP contribution is 2.19. The standard InChI is InChI=1S/C22H22F2N4O2/c23-22(24)30-20-7-5-19(6-8-20)28-14-17(13-26-28)21(29)27-18-3-1-15(2-4-18)11-16-9-10-25-12-16/h1-8,13-14,16,22,25H,9-12H2,(H,27,29). The molecule has 1 aromatic heterocycles. The third-order valence-electron chi connectivity index (χ3n) is 5.07. The van der Waals surface area contributed by atoms with Crippen LogP contribution in [-0.4, -0.2) is 35.4 Å². The third kappa shape index (κ3) is 5.01. The first-order valence-electron chi connectivity index (χ1n) is 9.78. The number of rotatable bonds is 7. The molecule has 1 saturated heterocycles. The second-order valence-electron chi connectivity index (χ2n) is 7.26. The molecule has 6 nitrogen and oxygen atoms in total. The molecule has 30 heavy (non-hydrogen) atoms. The zero-order valence-corrected chi connectivity index (χ0v) is 16.2. The number of hydrogen-bond acceptors (Lipinski definition) is 4. The lowest BCUT2D eigenvalue weighted by molar-refractivity contribution is -0.0498. The Labute approximate surface area is 172 Å². The van der Waals surface area contributed by atoms with Crippen molar-refractivity contribution >= 4 is 11.6 Å². The molecule has 0 aliphatic carbocycles. The highest BCUT2D eigenvalue weighted by molar-refractivity contribution is 6.04. The summed E-state index contributed by atoms with van der Waals surface area (Å²) in [6, 6.07) is 13.9. The minimum Gasteiger partial charge on any atom is -0.435 e. The van der Waals surface area contributed by atoms with E-state index < -0.39 is 6.61 Å². The molecule has 2 aromatic carbocycles. The van der Waals surface area contributed by atoms with Crippen LogP contribution in [0.1, 0.15) is 22.3 Å². The van der Waals surface area contributed by atoms with E-state index in [1.165, 1.54) is 35.0 Å². The van der Waals surface area contributed by atoms with E-state index in [-0.39, 0.29) is 11.7 Å². The molecule has 0 spiro atoms. The first-order valence-corrected chi connectivity index (χ1v) is 9.78. The number of benzene rings is 2. The fourth-order valence-electron chi connectivity index (χ4n) is 3.51. The number of amides is 1. The normalized spacial score (nSPS) is 16.0. The summed E-state index contributed by atoms with van der Waals surface area (Å²) in [5, 5.41) is 10.4. The van der Waals surface area contributed by atoms with Crippen LogP contribution in [0.15, 0.2) is 60.9 Å². The SMILES string of the molecule is O=C(Nc1ccc(CC2CCNC2)cc1)c1cnn(-c2ccc(OC(F)F)cc2)c1. The summed E-state index contributed by atoms with van der Waals surface area (Å²) in [5.74, 6) is 0.463. The van der Waals surface area contributed by atoms with Crippen LogP contribution < -0.4 is 15.4 Å². The minimum absolute atomic E-state index is 0.0616. The van der Waals surface area contributed by atoms with Crippen molar-refractivity contribution in [1.29, 1.82) is 0 Å². The fraction of sp³-hybridized carbons (Fsp3) is 0.273. The molecule has 1 fully saturated rings. The molecule has 3 aromatic rings. The van der Waals surface area contributed by atoms with Crippen LogP contribution in [-0.2, 0) is 6.42 Å². The molecule has 1 amide bonds. The number of alkyl halides is 2. The van der Waals surface area contributed by atoms with E-state index in [9.17, 15) is 13.6 Å². The molecule has 1 aliphatic heterocycles. The largest absolute Gasteiger partial charge is 0.435 e. The number of nitrogens with one attached hydrogen (secondary N) is 2. The Kier molecular flexibility index (Phi) is 6.04. The maximum atomic E-state index is 12.5. The number of carbonyl (C=O) groups excluding carboxylic acids is 1. The summed E-state index contributed by atoms with van der Waals surface area (Å²) in [7, 11) is 0. The maximum Gasteiger partial charge on any atom is 0.387 e. The van der Waals surface area contributed by atoms with Gasteiger partial charge in [-0.05, 0) is 73.8 Å². The third-order valence-corrected chi connectivity index (χ3v) is 5.07. The first-order chi connectivity index (χ1) is 14.6. The van der Waals surface area contributed by atoms with E-state index in [2.05, 4.69) is 20.5 Å². The molecular formula is C22H22F2N4O2. The zero-order chi connectivity index (χ0) is 20.9. The van der Waals surface area contributed by atoms with Crippen molar-refractivity contribution < 1.29 is 18.3 Å². The Morgan fingerprint density at radius 1 is 1.20 bits per heavy atom. The number of ether oxygens (including phenoxy) is 1. The number of nitrogens with zero attached hydrogens (tertiary/aromatic N) is 2. The molecule has 2 heterocycles. The molecule has 0 bridgehead atoms. The molecule has 1 atom stereocenters.